The van der Waals surface area contributed by atoms with Crippen molar-refractivity contribution in [2.24, 2.45) is 0 Å². The van der Waals surface area contributed by atoms with Crippen LogP contribution >= 0.6 is 0 Å². The number of fused-ring (bicyclic) bond motifs is 1. The van der Waals surface area contributed by atoms with Crippen LogP contribution in [0, 0.1) is 11.3 Å². The highest BCUT2D eigenvalue weighted by Gasteiger charge is 2.18. The number of carbonyl (C=O) groups excluding carboxylic acids is 1. The average Bonchev–Trinajstić information content (AvgIpc) is 2.80. The first-order valence-corrected chi connectivity index (χ1v) is 11.5. The van der Waals surface area contributed by atoms with Gasteiger partial charge < -0.3 is 14.2 Å². The van der Waals surface area contributed by atoms with E-state index in [1.54, 1.807) is 30.3 Å². The van der Waals surface area contributed by atoms with Crippen molar-refractivity contribution in [1.29, 1.82) is 5.26 Å². The predicted octanol–water partition coefficient (Wildman–Crippen LogP) is 2.91. The summed E-state index contributed by atoms with van der Waals surface area (Å²) in [5.74, 6) is 0.658. The quantitative estimate of drug-likeness (QED) is 0.443. The van der Waals surface area contributed by atoms with Crippen molar-refractivity contribution in [1.82, 2.24) is 4.72 Å². The molecule has 0 amide bonds. The molecule has 0 bridgehead atoms. The molecule has 0 radical (unpaired) electrons. The fourth-order valence-electron chi connectivity index (χ4n) is 2.96. The molecule has 164 valence electrons. The second-order valence-corrected chi connectivity index (χ2v) is 8.75. The molecule has 0 spiro atoms. The largest absolute Gasteiger partial charge is 0.486 e. The average molecular weight is 445 g/mol. The van der Waals surface area contributed by atoms with Gasteiger partial charge in [0.2, 0.25) is 10.0 Å². The zero-order valence-corrected chi connectivity index (χ0v) is 17.8. The van der Waals surface area contributed by atoms with Gasteiger partial charge in [-0.3, -0.25) is 4.79 Å². The molecule has 0 unspecified atom stereocenters. The van der Waals surface area contributed by atoms with Crippen LogP contribution in [0.4, 0.5) is 0 Å². The highest BCUT2D eigenvalue weighted by molar-refractivity contribution is 7.89. The van der Waals surface area contributed by atoms with Crippen molar-refractivity contribution in [2.75, 3.05) is 19.8 Å². The number of nitrogens with one attached hydrogen (secondary N) is 1. The first-order chi connectivity index (χ1) is 15.0. The molecule has 0 aromatic heterocycles. The smallest absolute Gasteiger partial charge is 0.306 e. The van der Waals surface area contributed by atoms with Gasteiger partial charge in [-0.2, -0.15) is 5.26 Å². The maximum absolute atomic E-state index is 12.4. The lowest BCUT2D eigenvalue weighted by Crippen LogP contribution is -2.25. The minimum atomic E-state index is -3.64. The number of nitrogens with zero attached hydrogens (tertiary/aromatic N) is 1. The molecule has 9 heteroatoms. The zero-order valence-electron chi connectivity index (χ0n) is 17.0. The van der Waals surface area contributed by atoms with Crippen molar-refractivity contribution in [3.8, 4) is 17.6 Å². The molecule has 31 heavy (non-hydrogen) atoms. The number of sulfonamides is 1. The van der Waals surface area contributed by atoms with Crippen LogP contribution in [0.3, 0.4) is 0 Å². The lowest BCUT2D eigenvalue weighted by molar-refractivity contribution is -0.145. The molecule has 1 aliphatic rings. The van der Waals surface area contributed by atoms with Crippen molar-refractivity contribution < 1.29 is 27.4 Å². The van der Waals surface area contributed by atoms with Gasteiger partial charge in [0, 0.05) is 19.0 Å². The first kappa shape index (κ1) is 22.6. The Morgan fingerprint density at radius 3 is 2.52 bits per heavy atom. The normalized spacial score (nSPS) is 12.7. The number of rotatable bonds is 10. The molecule has 0 saturated heterocycles. The van der Waals surface area contributed by atoms with Gasteiger partial charge in [-0.05, 0) is 42.7 Å². The van der Waals surface area contributed by atoms with E-state index in [-0.39, 0.29) is 30.4 Å². The number of carbonyl (C=O) groups is 1. The standard InChI is InChI=1S/C22H24N2O6S/c23-15-17-5-7-18(8-6-17)16-30-22(25)4-2-1-3-11-24-31(26,27)19-9-10-20-21(14-19)29-13-12-28-20/h5-10,14,24H,1-4,11-13,16H2. The van der Waals surface area contributed by atoms with E-state index in [2.05, 4.69) is 4.72 Å². The van der Waals surface area contributed by atoms with Gasteiger partial charge in [0.15, 0.2) is 11.5 Å². The maximum Gasteiger partial charge on any atom is 0.306 e. The number of hydrogen-bond acceptors (Lipinski definition) is 7. The molecule has 0 fully saturated rings. The first-order valence-electron chi connectivity index (χ1n) is 10.0. The fraction of sp³-hybridized carbons (Fsp3) is 0.364. The molecule has 2 aromatic rings. The fourth-order valence-corrected chi connectivity index (χ4v) is 4.05. The summed E-state index contributed by atoms with van der Waals surface area (Å²) in [4.78, 5) is 12.0. The summed E-state index contributed by atoms with van der Waals surface area (Å²) >= 11 is 0. The SMILES string of the molecule is N#Cc1ccc(COC(=O)CCCCCNS(=O)(=O)c2ccc3c(c2)OCCO3)cc1. The van der Waals surface area contributed by atoms with E-state index < -0.39 is 10.0 Å². The Morgan fingerprint density at radius 1 is 1.03 bits per heavy atom. The van der Waals surface area contributed by atoms with Crippen LogP contribution in [0.5, 0.6) is 11.5 Å². The Bertz CT molecular complexity index is 1040. The lowest BCUT2D eigenvalue weighted by atomic mass is 10.1. The molecular weight excluding hydrogens is 420 g/mol. The minimum absolute atomic E-state index is 0.128. The topological polar surface area (TPSA) is 115 Å². The lowest BCUT2D eigenvalue weighted by Gasteiger charge is -2.18. The summed E-state index contributed by atoms with van der Waals surface area (Å²) in [7, 11) is -3.64. The highest BCUT2D eigenvalue weighted by atomic mass is 32.2. The van der Waals surface area contributed by atoms with Crippen LogP contribution in [-0.4, -0.2) is 34.1 Å². The van der Waals surface area contributed by atoms with Gasteiger partial charge in [0.05, 0.1) is 16.5 Å². The van der Waals surface area contributed by atoms with E-state index in [9.17, 15) is 13.2 Å². The molecule has 2 aromatic carbocycles. The van der Waals surface area contributed by atoms with Crippen LogP contribution in [-0.2, 0) is 26.2 Å². The minimum Gasteiger partial charge on any atom is -0.486 e. The number of benzene rings is 2. The third-order valence-electron chi connectivity index (χ3n) is 4.66. The van der Waals surface area contributed by atoms with Crippen molar-refractivity contribution in [3.05, 3.63) is 53.6 Å². The van der Waals surface area contributed by atoms with E-state index in [1.165, 1.54) is 12.1 Å². The van der Waals surface area contributed by atoms with Crippen LogP contribution in [0.25, 0.3) is 0 Å². The Morgan fingerprint density at radius 2 is 1.77 bits per heavy atom. The van der Waals surface area contributed by atoms with Crippen LogP contribution in [0.2, 0.25) is 0 Å². The molecule has 8 nitrogen and oxygen atoms in total. The van der Waals surface area contributed by atoms with Crippen LogP contribution < -0.4 is 14.2 Å². The third kappa shape index (κ3) is 6.70. The molecule has 1 heterocycles. The number of unbranched alkanes of at least 4 members (excludes halogenated alkanes) is 2. The molecule has 1 N–H and O–H groups in total. The molecule has 0 saturated carbocycles. The van der Waals surface area contributed by atoms with Crippen molar-refractivity contribution in [3.63, 3.8) is 0 Å². The Labute approximate surface area is 181 Å². The second-order valence-electron chi connectivity index (χ2n) is 6.98. The van der Waals surface area contributed by atoms with E-state index in [4.69, 9.17) is 19.5 Å². The van der Waals surface area contributed by atoms with Crippen LogP contribution in [0.15, 0.2) is 47.4 Å². The summed E-state index contributed by atoms with van der Waals surface area (Å²) < 4.78 is 43.4. The Balaban J connectivity index is 1.32. The summed E-state index contributed by atoms with van der Waals surface area (Å²) in [5.41, 5.74) is 1.38. The van der Waals surface area contributed by atoms with Gasteiger partial charge in [-0.25, -0.2) is 13.1 Å². The molecule has 0 atom stereocenters. The number of esters is 1. The van der Waals surface area contributed by atoms with E-state index >= 15 is 0 Å². The van der Waals surface area contributed by atoms with Gasteiger partial charge in [0.1, 0.15) is 19.8 Å². The third-order valence-corrected chi connectivity index (χ3v) is 6.12. The number of ether oxygens (including phenoxy) is 3. The maximum atomic E-state index is 12.4. The summed E-state index contributed by atoms with van der Waals surface area (Å²) in [6.07, 6.45) is 2.17. The van der Waals surface area contributed by atoms with E-state index in [0.717, 1.165) is 5.56 Å². The zero-order chi connectivity index (χ0) is 22.1. The van der Waals surface area contributed by atoms with Gasteiger partial charge in [-0.15, -0.1) is 0 Å². The van der Waals surface area contributed by atoms with Gasteiger partial charge in [0.25, 0.3) is 0 Å². The molecule has 3 rings (SSSR count). The summed E-state index contributed by atoms with van der Waals surface area (Å²) in [6, 6.07) is 13.4. The summed E-state index contributed by atoms with van der Waals surface area (Å²) in [5, 5.41) is 8.77. The number of nitriles is 1. The molecular formula is C22H24N2O6S. The summed E-state index contributed by atoms with van der Waals surface area (Å²) in [6.45, 7) is 1.27. The Kier molecular flexibility index (Phi) is 7.87. The van der Waals surface area contributed by atoms with Gasteiger partial charge in [-0.1, -0.05) is 18.6 Å². The number of hydrogen-bond donors (Lipinski definition) is 1. The molecule has 0 aliphatic carbocycles. The predicted molar refractivity (Wildman–Crippen MR) is 112 cm³/mol. The monoisotopic (exact) mass is 444 g/mol. The molecule has 1 aliphatic heterocycles. The second kappa shape index (κ2) is 10.8. The van der Waals surface area contributed by atoms with Crippen molar-refractivity contribution >= 4 is 16.0 Å². The van der Waals surface area contributed by atoms with E-state index in [1.807, 2.05) is 6.07 Å². The van der Waals surface area contributed by atoms with E-state index in [0.29, 0.717) is 49.5 Å². The van der Waals surface area contributed by atoms with Gasteiger partial charge >= 0.3 is 5.97 Å². The highest BCUT2D eigenvalue weighted by Crippen LogP contribution is 2.32. The van der Waals surface area contributed by atoms with Crippen molar-refractivity contribution in [2.45, 2.75) is 37.2 Å². The Hall–Kier alpha value is -3.09. The van der Waals surface area contributed by atoms with Crippen LogP contribution in [0.1, 0.15) is 36.8 Å².